The molecule has 1 aromatic rings. The van der Waals surface area contributed by atoms with Gasteiger partial charge in [0.05, 0.1) is 9.85 Å². The third-order valence-electron chi connectivity index (χ3n) is 2.66. The number of amides is 2. The van der Waals surface area contributed by atoms with Crippen LogP contribution in [0.3, 0.4) is 0 Å². The average Bonchev–Trinajstić information content (AvgIpc) is 2.67. The van der Waals surface area contributed by atoms with Gasteiger partial charge in [-0.15, -0.1) is 0 Å². The summed E-state index contributed by atoms with van der Waals surface area (Å²) < 4.78 is 0. The number of nitro groups is 2. The molecule has 0 unspecified atom stereocenters. The lowest BCUT2D eigenvalue weighted by atomic mass is 10.2. The van der Waals surface area contributed by atoms with E-state index in [1.54, 1.807) is 0 Å². The van der Waals surface area contributed by atoms with Crippen molar-refractivity contribution in [3.05, 3.63) is 38.4 Å². The number of hydrogen-bond acceptors (Lipinski definition) is 6. The summed E-state index contributed by atoms with van der Waals surface area (Å²) in [7, 11) is 0. The Morgan fingerprint density at radius 2 is 1.37 bits per heavy atom. The number of carbonyl (C=O) groups excluding carboxylic acids is 2. The Morgan fingerprint density at radius 1 is 0.947 bits per heavy atom. The first-order valence-electron chi connectivity index (χ1n) is 5.21. The smallest absolute Gasteiger partial charge is 0.274 e. The highest BCUT2D eigenvalue weighted by Crippen LogP contribution is 2.39. The summed E-state index contributed by atoms with van der Waals surface area (Å²) >= 11 is 0. The molecule has 2 amide bonds. The Hall–Kier alpha value is -2.84. The molecule has 0 saturated carbocycles. The van der Waals surface area contributed by atoms with E-state index in [0.717, 1.165) is 18.2 Å². The summed E-state index contributed by atoms with van der Waals surface area (Å²) in [6.07, 6.45) is -0.218. The fourth-order valence-electron chi connectivity index (χ4n) is 1.87. The van der Waals surface area contributed by atoms with Crippen molar-refractivity contribution in [2.75, 3.05) is 4.90 Å². The standard InChI is InChI=1S/C10H7N3O6/c14-8-4-5-9(15)11(8)10-6(12(16)17)2-1-3-7(10)13(18)19/h1-3H,4-5H2. The molecule has 1 aromatic carbocycles. The first-order valence-corrected chi connectivity index (χ1v) is 5.21. The minimum atomic E-state index is -0.860. The number of nitro benzene ring substituents is 2. The fraction of sp³-hybridized carbons (Fsp3) is 0.200. The molecule has 0 aliphatic carbocycles. The molecule has 0 aromatic heterocycles. The van der Waals surface area contributed by atoms with Crippen LogP contribution >= 0.6 is 0 Å². The zero-order valence-electron chi connectivity index (χ0n) is 9.44. The minimum Gasteiger partial charge on any atom is -0.274 e. The zero-order valence-corrected chi connectivity index (χ0v) is 9.44. The largest absolute Gasteiger partial charge is 0.300 e. The van der Waals surface area contributed by atoms with E-state index >= 15 is 0 Å². The Balaban J connectivity index is 2.71. The molecule has 9 nitrogen and oxygen atoms in total. The van der Waals surface area contributed by atoms with Crippen molar-refractivity contribution >= 4 is 28.9 Å². The van der Waals surface area contributed by atoms with Gasteiger partial charge in [0.2, 0.25) is 17.5 Å². The van der Waals surface area contributed by atoms with Crippen LogP contribution in [0.15, 0.2) is 18.2 Å². The van der Waals surface area contributed by atoms with Crippen LogP contribution in [-0.2, 0) is 9.59 Å². The molecule has 1 aliphatic heterocycles. The van der Waals surface area contributed by atoms with Gasteiger partial charge in [-0.2, -0.15) is 0 Å². The van der Waals surface area contributed by atoms with Crippen molar-refractivity contribution in [1.82, 2.24) is 0 Å². The fourth-order valence-corrected chi connectivity index (χ4v) is 1.87. The summed E-state index contributed by atoms with van der Waals surface area (Å²) in [6.45, 7) is 0. The molecule has 19 heavy (non-hydrogen) atoms. The first kappa shape index (κ1) is 12.6. The predicted molar refractivity (Wildman–Crippen MR) is 61.5 cm³/mol. The third-order valence-corrected chi connectivity index (χ3v) is 2.66. The molecule has 0 bridgehead atoms. The Kier molecular flexibility index (Phi) is 2.95. The number of anilines is 1. The van der Waals surface area contributed by atoms with Crippen LogP contribution in [0.5, 0.6) is 0 Å². The van der Waals surface area contributed by atoms with Gasteiger partial charge < -0.3 is 0 Å². The quantitative estimate of drug-likeness (QED) is 0.458. The van der Waals surface area contributed by atoms with Crippen LogP contribution in [0.4, 0.5) is 17.1 Å². The number of benzene rings is 1. The van der Waals surface area contributed by atoms with Gasteiger partial charge in [0.1, 0.15) is 0 Å². The highest BCUT2D eigenvalue weighted by atomic mass is 16.6. The van der Waals surface area contributed by atoms with Crippen molar-refractivity contribution in [2.45, 2.75) is 12.8 Å². The van der Waals surface area contributed by atoms with Crippen LogP contribution < -0.4 is 4.90 Å². The van der Waals surface area contributed by atoms with Crippen molar-refractivity contribution in [3.63, 3.8) is 0 Å². The van der Waals surface area contributed by atoms with E-state index in [-0.39, 0.29) is 12.8 Å². The zero-order chi connectivity index (χ0) is 14.2. The van der Waals surface area contributed by atoms with Gasteiger partial charge in [-0.3, -0.25) is 29.8 Å². The number of rotatable bonds is 3. The van der Waals surface area contributed by atoms with E-state index < -0.39 is 38.7 Å². The topological polar surface area (TPSA) is 124 Å². The van der Waals surface area contributed by atoms with Crippen molar-refractivity contribution in [3.8, 4) is 0 Å². The second kappa shape index (κ2) is 4.44. The second-order valence-corrected chi connectivity index (χ2v) is 3.78. The highest BCUT2D eigenvalue weighted by Gasteiger charge is 2.40. The van der Waals surface area contributed by atoms with Gasteiger partial charge in [0.25, 0.3) is 0 Å². The van der Waals surface area contributed by atoms with Crippen LogP contribution in [0, 0.1) is 20.2 Å². The lowest BCUT2D eigenvalue weighted by Gasteiger charge is -2.13. The third kappa shape index (κ3) is 2.01. The second-order valence-electron chi connectivity index (χ2n) is 3.78. The Labute approximate surface area is 105 Å². The highest BCUT2D eigenvalue weighted by molar-refractivity contribution is 6.22. The first-order chi connectivity index (χ1) is 8.93. The molecule has 0 spiro atoms. The lowest BCUT2D eigenvalue weighted by molar-refractivity contribution is -0.392. The molecule has 1 fully saturated rings. The Morgan fingerprint density at radius 3 is 1.74 bits per heavy atom. The summed E-state index contributed by atoms with van der Waals surface area (Å²) in [5.41, 5.74) is -1.85. The molecule has 1 aliphatic rings. The number of para-hydroxylation sites is 1. The van der Waals surface area contributed by atoms with Crippen LogP contribution in [0.1, 0.15) is 12.8 Å². The summed E-state index contributed by atoms with van der Waals surface area (Å²) in [6, 6.07) is 3.16. The van der Waals surface area contributed by atoms with E-state index in [9.17, 15) is 29.8 Å². The van der Waals surface area contributed by atoms with Gasteiger partial charge in [-0.05, 0) is 6.07 Å². The number of imide groups is 1. The maximum atomic E-state index is 11.6. The SMILES string of the molecule is O=C1CCC(=O)N1c1c([N+](=O)[O-])cccc1[N+](=O)[O-]. The molecule has 98 valence electrons. The molecular formula is C10H7N3O6. The van der Waals surface area contributed by atoms with E-state index in [4.69, 9.17) is 0 Å². The average molecular weight is 265 g/mol. The van der Waals surface area contributed by atoms with Gasteiger partial charge in [0.15, 0.2) is 0 Å². The van der Waals surface area contributed by atoms with E-state index in [1.807, 2.05) is 0 Å². The summed E-state index contributed by atoms with van der Waals surface area (Å²) in [4.78, 5) is 43.8. The number of hydrogen-bond donors (Lipinski definition) is 0. The van der Waals surface area contributed by atoms with E-state index in [2.05, 4.69) is 0 Å². The molecule has 1 saturated heterocycles. The summed E-state index contributed by atoms with van der Waals surface area (Å²) in [5, 5.41) is 21.8. The predicted octanol–water partition coefficient (Wildman–Crippen LogP) is 1.16. The van der Waals surface area contributed by atoms with Gasteiger partial charge >= 0.3 is 11.4 Å². The van der Waals surface area contributed by atoms with Gasteiger partial charge in [-0.25, -0.2) is 4.90 Å². The molecule has 0 radical (unpaired) electrons. The lowest BCUT2D eigenvalue weighted by Crippen LogP contribution is -2.30. The van der Waals surface area contributed by atoms with E-state index in [1.165, 1.54) is 0 Å². The molecular weight excluding hydrogens is 258 g/mol. The van der Waals surface area contributed by atoms with Crippen molar-refractivity contribution in [2.24, 2.45) is 0 Å². The normalized spacial score (nSPS) is 14.8. The van der Waals surface area contributed by atoms with Gasteiger partial charge in [-0.1, -0.05) is 0 Å². The van der Waals surface area contributed by atoms with Crippen LogP contribution in [0.25, 0.3) is 0 Å². The Bertz CT molecular complexity index is 563. The molecule has 1 heterocycles. The minimum absolute atomic E-state index is 0.109. The molecule has 0 atom stereocenters. The number of carbonyl (C=O) groups is 2. The maximum Gasteiger partial charge on any atom is 0.300 e. The molecule has 2 rings (SSSR count). The van der Waals surface area contributed by atoms with Crippen LogP contribution in [-0.4, -0.2) is 21.7 Å². The monoisotopic (exact) mass is 265 g/mol. The number of nitrogens with zero attached hydrogens (tertiary/aromatic N) is 3. The van der Waals surface area contributed by atoms with E-state index in [0.29, 0.717) is 4.90 Å². The summed E-state index contributed by atoms with van der Waals surface area (Å²) in [5.74, 6) is -1.36. The maximum absolute atomic E-state index is 11.6. The van der Waals surface area contributed by atoms with Crippen LogP contribution in [0.2, 0.25) is 0 Å². The molecule has 0 N–H and O–H groups in total. The van der Waals surface area contributed by atoms with Gasteiger partial charge in [0, 0.05) is 25.0 Å². The van der Waals surface area contributed by atoms with Crippen molar-refractivity contribution in [1.29, 1.82) is 0 Å². The van der Waals surface area contributed by atoms with Crippen molar-refractivity contribution < 1.29 is 19.4 Å². The molecule has 9 heteroatoms.